The predicted molar refractivity (Wildman–Crippen MR) is 33.4 cm³/mol. The molecule has 0 aromatic heterocycles. The minimum Gasteiger partial charge on any atom is -0.391 e. The number of hydrogen-bond acceptors (Lipinski definition) is 4. The van der Waals surface area contributed by atoms with Crippen LogP contribution in [-0.2, 0) is 4.74 Å². The highest BCUT2D eigenvalue weighted by atomic mass is 16.5. The standard InChI is InChI=1S/C6H12O4/c1-3(7)6-5(9)4(8)2-10-6/h3-9H,2H2,1H3/t3-,4-,5-,6-/m1/s1. The molecule has 1 fully saturated rings. The van der Waals surface area contributed by atoms with Crippen molar-refractivity contribution in [3.63, 3.8) is 0 Å². The van der Waals surface area contributed by atoms with Crippen LogP contribution in [0.4, 0.5) is 0 Å². The van der Waals surface area contributed by atoms with E-state index in [-0.39, 0.29) is 6.61 Å². The van der Waals surface area contributed by atoms with E-state index >= 15 is 0 Å². The van der Waals surface area contributed by atoms with Crippen LogP contribution in [-0.4, -0.2) is 46.3 Å². The zero-order valence-corrected chi connectivity index (χ0v) is 5.77. The number of aliphatic hydroxyl groups is 3. The number of hydrogen-bond donors (Lipinski definition) is 3. The van der Waals surface area contributed by atoms with Gasteiger partial charge in [-0.2, -0.15) is 0 Å². The Morgan fingerprint density at radius 2 is 2.10 bits per heavy atom. The van der Waals surface area contributed by atoms with E-state index in [1.54, 1.807) is 0 Å². The van der Waals surface area contributed by atoms with E-state index < -0.39 is 24.4 Å². The Hall–Kier alpha value is -0.160. The van der Waals surface area contributed by atoms with Crippen molar-refractivity contribution in [3.05, 3.63) is 0 Å². The Kier molecular flexibility index (Phi) is 2.25. The fourth-order valence-electron chi connectivity index (χ4n) is 1.05. The molecule has 3 N–H and O–H groups in total. The highest BCUT2D eigenvalue weighted by Crippen LogP contribution is 2.16. The highest BCUT2D eigenvalue weighted by Gasteiger charge is 2.37. The third-order valence-electron chi connectivity index (χ3n) is 1.67. The molecule has 0 unspecified atom stereocenters. The van der Waals surface area contributed by atoms with Crippen molar-refractivity contribution < 1.29 is 20.1 Å². The molecule has 0 amide bonds. The topological polar surface area (TPSA) is 69.9 Å². The van der Waals surface area contributed by atoms with Crippen molar-refractivity contribution in [1.82, 2.24) is 0 Å². The lowest BCUT2D eigenvalue weighted by atomic mass is 10.1. The molecule has 1 aliphatic rings. The molecule has 0 bridgehead atoms. The van der Waals surface area contributed by atoms with E-state index in [9.17, 15) is 0 Å². The summed E-state index contributed by atoms with van der Waals surface area (Å²) in [5, 5.41) is 27.0. The van der Waals surface area contributed by atoms with Crippen LogP contribution in [0.3, 0.4) is 0 Å². The monoisotopic (exact) mass is 148 g/mol. The van der Waals surface area contributed by atoms with Gasteiger partial charge in [0.2, 0.25) is 0 Å². The summed E-state index contributed by atoms with van der Waals surface area (Å²) in [6, 6.07) is 0. The van der Waals surface area contributed by atoms with Gasteiger partial charge in [-0.25, -0.2) is 0 Å². The van der Waals surface area contributed by atoms with Crippen molar-refractivity contribution in [2.24, 2.45) is 0 Å². The minimum atomic E-state index is -0.944. The van der Waals surface area contributed by atoms with Crippen molar-refractivity contribution in [3.8, 4) is 0 Å². The lowest BCUT2D eigenvalue weighted by Crippen LogP contribution is -2.36. The maximum Gasteiger partial charge on any atom is 0.112 e. The fourth-order valence-corrected chi connectivity index (χ4v) is 1.05. The van der Waals surface area contributed by atoms with E-state index in [0.717, 1.165) is 0 Å². The molecule has 0 saturated carbocycles. The average Bonchev–Trinajstić information content (AvgIpc) is 2.14. The first-order valence-corrected chi connectivity index (χ1v) is 3.28. The molecule has 60 valence electrons. The second-order valence-electron chi connectivity index (χ2n) is 2.60. The Balaban J connectivity index is 2.49. The molecule has 1 heterocycles. The van der Waals surface area contributed by atoms with Gasteiger partial charge in [0.15, 0.2) is 0 Å². The van der Waals surface area contributed by atoms with Crippen molar-refractivity contribution >= 4 is 0 Å². The van der Waals surface area contributed by atoms with Gasteiger partial charge in [-0.1, -0.05) is 0 Å². The molecule has 4 atom stereocenters. The molecule has 0 spiro atoms. The largest absolute Gasteiger partial charge is 0.391 e. The first-order valence-electron chi connectivity index (χ1n) is 3.28. The van der Waals surface area contributed by atoms with Crippen molar-refractivity contribution in [1.29, 1.82) is 0 Å². The van der Waals surface area contributed by atoms with Crippen molar-refractivity contribution in [2.45, 2.75) is 31.3 Å². The molecule has 4 heteroatoms. The quantitative estimate of drug-likeness (QED) is 0.422. The maximum absolute atomic E-state index is 9.09. The summed E-state index contributed by atoms with van der Waals surface area (Å²) in [7, 11) is 0. The van der Waals surface area contributed by atoms with E-state index in [1.807, 2.05) is 0 Å². The van der Waals surface area contributed by atoms with Crippen LogP contribution < -0.4 is 0 Å². The first-order chi connectivity index (χ1) is 4.63. The molecular weight excluding hydrogens is 136 g/mol. The molecule has 0 aromatic carbocycles. The van der Waals surface area contributed by atoms with Crippen molar-refractivity contribution in [2.75, 3.05) is 6.61 Å². The number of rotatable bonds is 1. The molecule has 0 aromatic rings. The molecule has 1 rings (SSSR count). The van der Waals surface area contributed by atoms with Gasteiger partial charge >= 0.3 is 0 Å². The van der Waals surface area contributed by atoms with Crippen LogP contribution in [0.5, 0.6) is 0 Å². The zero-order valence-electron chi connectivity index (χ0n) is 5.77. The zero-order chi connectivity index (χ0) is 7.72. The lowest BCUT2D eigenvalue weighted by Gasteiger charge is -2.16. The minimum absolute atomic E-state index is 0.108. The van der Waals surface area contributed by atoms with Gasteiger partial charge in [-0.05, 0) is 6.92 Å². The molecular formula is C6H12O4. The van der Waals surface area contributed by atoms with Crippen LogP contribution in [0.15, 0.2) is 0 Å². The fraction of sp³-hybridized carbons (Fsp3) is 1.00. The van der Waals surface area contributed by atoms with Gasteiger partial charge in [0, 0.05) is 0 Å². The van der Waals surface area contributed by atoms with Gasteiger partial charge in [-0.15, -0.1) is 0 Å². The van der Waals surface area contributed by atoms with Crippen LogP contribution in [0, 0.1) is 0 Å². The molecule has 0 radical (unpaired) electrons. The second-order valence-corrected chi connectivity index (χ2v) is 2.60. The summed E-state index contributed by atoms with van der Waals surface area (Å²) in [4.78, 5) is 0. The molecule has 1 aliphatic heterocycles. The third-order valence-corrected chi connectivity index (χ3v) is 1.67. The van der Waals surface area contributed by atoms with Crippen LogP contribution >= 0.6 is 0 Å². The third kappa shape index (κ3) is 1.29. The molecule has 4 nitrogen and oxygen atoms in total. The van der Waals surface area contributed by atoms with E-state index in [4.69, 9.17) is 20.1 Å². The Morgan fingerprint density at radius 3 is 2.30 bits per heavy atom. The van der Waals surface area contributed by atoms with Gasteiger partial charge in [0.25, 0.3) is 0 Å². The normalized spacial score (nSPS) is 43.8. The molecule has 0 aliphatic carbocycles. The number of ether oxygens (including phenoxy) is 1. The Bertz CT molecular complexity index is 114. The second kappa shape index (κ2) is 2.84. The average molecular weight is 148 g/mol. The summed E-state index contributed by atoms with van der Waals surface area (Å²) in [5.74, 6) is 0. The molecule has 1 saturated heterocycles. The summed E-state index contributed by atoms with van der Waals surface area (Å²) >= 11 is 0. The SMILES string of the molecule is C[C@@H](O)[C@H]1OC[C@@H](O)[C@H]1O. The highest BCUT2D eigenvalue weighted by molar-refractivity contribution is 4.85. The smallest absolute Gasteiger partial charge is 0.112 e. The van der Waals surface area contributed by atoms with E-state index in [1.165, 1.54) is 6.92 Å². The summed E-state index contributed by atoms with van der Waals surface area (Å²) < 4.78 is 4.89. The maximum atomic E-state index is 9.09. The van der Waals surface area contributed by atoms with E-state index in [2.05, 4.69) is 0 Å². The van der Waals surface area contributed by atoms with Gasteiger partial charge in [0.05, 0.1) is 12.7 Å². The van der Waals surface area contributed by atoms with Gasteiger partial charge in [-0.3, -0.25) is 0 Å². The lowest BCUT2D eigenvalue weighted by molar-refractivity contribution is -0.0429. The van der Waals surface area contributed by atoms with E-state index in [0.29, 0.717) is 0 Å². The molecule has 10 heavy (non-hydrogen) atoms. The van der Waals surface area contributed by atoms with Crippen LogP contribution in [0.2, 0.25) is 0 Å². The first kappa shape index (κ1) is 7.94. The van der Waals surface area contributed by atoms with Gasteiger partial charge < -0.3 is 20.1 Å². The summed E-state index contributed by atoms with van der Waals surface area (Å²) in [6.45, 7) is 1.63. The van der Waals surface area contributed by atoms with Crippen LogP contribution in [0.25, 0.3) is 0 Å². The summed E-state index contributed by atoms with van der Waals surface area (Å²) in [5.41, 5.74) is 0. The Labute approximate surface area is 59.1 Å². The number of aliphatic hydroxyl groups excluding tert-OH is 3. The Morgan fingerprint density at radius 1 is 1.50 bits per heavy atom. The summed E-state index contributed by atoms with van der Waals surface area (Å²) in [6.07, 6.45) is -3.15. The van der Waals surface area contributed by atoms with Gasteiger partial charge in [0.1, 0.15) is 18.3 Å². The predicted octanol–water partition coefficient (Wildman–Crippen LogP) is -1.51. The van der Waals surface area contributed by atoms with Crippen LogP contribution in [0.1, 0.15) is 6.92 Å².